The van der Waals surface area contributed by atoms with Crippen LogP contribution in [0.25, 0.3) is 0 Å². The highest BCUT2D eigenvalue weighted by Gasteiger charge is 2.14. The zero-order chi connectivity index (χ0) is 26.7. The van der Waals surface area contributed by atoms with E-state index in [1.807, 2.05) is 0 Å². The van der Waals surface area contributed by atoms with E-state index in [0.29, 0.717) is 6.42 Å². The lowest BCUT2D eigenvalue weighted by Gasteiger charge is -2.04. The van der Waals surface area contributed by atoms with E-state index in [2.05, 4.69) is 0 Å². The first-order valence-corrected chi connectivity index (χ1v) is 18.2. The molecule has 0 aliphatic heterocycles. The van der Waals surface area contributed by atoms with Crippen LogP contribution < -0.4 is 0 Å². The summed E-state index contributed by atoms with van der Waals surface area (Å²) in [6, 6.07) is 16.6. The van der Waals surface area contributed by atoms with E-state index >= 15 is 0 Å². The quantitative estimate of drug-likeness (QED) is 0.355. The van der Waals surface area contributed by atoms with Crippen LogP contribution in [0.3, 0.4) is 0 Å². The lowest BCUT2D eigenvalue weighted by atomic mass is 10.1. The highest BCUT2D eigenvalue weighted by Crippen LogP contribution is 2.21. The molecule has 0 unspecified atom stereocenters. The molecule has 16 heteroatoms. The van der Waals surface area contributed by atoms with Crippen LogP contribution in [0.4, 0.5) is 0 Å². The molecule has 0 saturated carbocycles. The molecular formula is C19H14Cl4O8S4. The second kappa shape index (κ2) is 11.3. The Morgan fingerprint density at radius 3 is 0.714 bits per heavy atom. The molecule has 8 nitrogen and oxygen atoms in total. The molecular weight excluding hydrogens is 626 g/mol. The monoisotopic (exact) mass is 638 g/mol. The maximum atomic E-state index is 11.1. The van der Waals surface area contributed by atoms with Gasteiger partial charge in [0.15, 0.2) is 0 Å². The van der Waals surface area contributed by atoms with Crippen molar-refractivity contribution in [1.29, 1.82) is 0 Å². The molecule has 0 radical (unpaired) electrons. The van der Waals surface area contributed by atoms with Gasteiger partial charge in [0.25, 0.3) is 36.2 Å². The van der Waals surface area contributed by atoms with Gasteiger partial charge in [0.05, 0.1) is 19.6 Å². The normalized spacial score (nSPS) is 12.5. The van der Waals surface area contributed by atoms with Crippen LogP contribution in [0.2, 0.25) is 0 Å². The van der Waals surface area contributed by atoms with Crippen molar-refractivity contribution in [1.82, 2.24) is 0 Å². The molecule has 0 fully saturated rings. The van der Waals surface area contributed by atoms with Gasteiger partial charge in [0.1, 0.15) is 0 Å². The van der Waals surface area contributed by atoms with Gasteiger partial charge < -0.3 is 0 Å². The fraction of sp³-hybridized carbons (Fsp3) is 0.0526. The number of benzene rings is 3. The topological polar surface area (TPSA) is 137 Å². The van der Waals surface area contributed by atoms with Crippen LogP contribution in [0.5, 0.6) is 0 Å². The van der Waals surface area contributed by atoms with Crippen LogP contribution in [0, 0.1) is 0 Å². The molecule has 190 valence electrons. The average molecular weight is 640 g/mol. The van der Waals surface area contributed by atoms with Crippen molar-refractivity contribution in [3.8, 4) is 0 Å². The Morgan fingerprint density at radius 1 is 0.371 bits per heavy atom. The van der Waals surface area contributed by atoms with Gasteiger partial charge in [-0.15, -0.1) is 0 Å². The zero-order valence-corrected chi connectivity index (χ0v) is 23.3. The second-order valence-electron chi connectivity index (χ2n) is 6.69. The number of hydrogen-bond donors (Lipinski definition) is 0. The summed E-state index contributed by atoms with van der Waals surface area (Å²) in [7, 11) is 5.39. The van der Waals surface area contributed by atoms with Crippen molar-refractivity contribution < 1.29 is 33.7 Å². The molecule has 0 bridgehead atoms. The van der Waals surface area contributed by atoms with Gasteiger partial charge in [-0.05, 0) is 66.1 Å². The first-order chi connectivity index (χ1) is 15.9. The second-order valence-corrected chi connectivity index (χ2v) is 17.0. The van der Waals surface area contributed by atoms with Crippen LogP contribution >= 0.6 is 42.7 Å². The van der Waals surface area contributed by atoms with Crippen molar-refractivity contribution >= 4 is 78.9 Å². The van der Waals surface area contributed by atoms with Crippen molar-refractivity contribution in [2.75, 3.05) is 0 Å². The summed E-state index contributed by atoms with van der Waals surface area (Å²) in [4.78, 5) is -0.278. The maximum absolute atomic E-state index is 11.1. The fourth-order valence-electron chi connectivity index (χ4n) is 2.54. The summed E-state index contributed by atoms with van der Waals surface area (Å²) in [5.41, 5.74) is 1.75. The van der Waals surface area contributed by atoms with Gasteiger partial charge in [-0.1, -0.05) is 24.3 Å². The highest BCUT2D eigenvalue weighted by molar-refractivity contribution is 8.14. The van der Waals surface area contributed by atoms with E-state index in [0.717, 1.165) is 35.4 Å². The van der Waals surface area contributed by atoms with E-state index in [1.165, 1.54) is 24.3 Å². The predicted molar refractivity (Wildman–Crippen MR) is 134 cm³/mol. The molecule has 3 aromatic carbocycles. The van der Waals surface area contributed by atoms with Crippen molar-refractivity contribution in [3.63, 3.8) is 0 Å². The molecule has 0 amide bonds. The van der Waals surface area contributed by atoms with Crippen molar-refractivity contribution in [3.05, 3.63) is 83.9 Å². The minimum atomic E-state index is -3.83. The van der Waals surface area contributed by atoms with Gasteiger partial charge in [0.2, 0.25) is 0 Å². The summed E-state index contributed by atoms with van der Waals surface area (Å²) in [5.74, 6) is 0. The molecule has 0 aromatic heterocycles. The SMILES string of the molecule is O=S(=O)(Cl)c1ccc(Cc2ccc(S(=O)(=O)Cl)cc2)cc1.O=S(=O)(Cl)c1ccc(S(=O)(=O)Cl)cc1. The van der Waals surface area contributed by atoms with Crippen molar-refractivity contribution in [2.24, 2.45) is 0 Å². The molecule has 0 aliphatic carbocycles. The summed E-state index contributed by atoms with van der Waals surface area (Å²) >= 11 is 0. The lowest BCUT2D eigenvalue weighted by Crippen LogP contribution is -1.94. The standard InChI is InChI=1S/C13H10Cl2O4S2.C6H4Cl2O4S2/c14-20(16,17)12-5-1-10(2-6-12)9-11-3-7-13(8-4-11)21(15,18)19;7-13(9,10)5-1-2-6(4-3-5)14(8,11)12/h1-8H,9H2;1-4H. The lowest BCUT2D eigenvalue weighted by molar-refractivity contribution is 0.606. The smallest absolute Gasteiger partial charge is 0.207 e. The molecule has 0 saturated heterocycles. The summed E-state index contributed by atoms with van der Waals surface area (Å²) < 4.78 is 87.6. The summed E-state index contributed by atoms with van der Waals surface area (Å²) in [6.45, 7) is 0. The maximum Gasteiger partial charge on any atom is 0.261 e. The van der Waals surface area contributed by atoms with E-state index in [-0.39, 0.29) is 19.6 Å². The van der Waals surface area contributed by atoms with Gasteiger partial charge in [-0.2, -0.15) is 0 Å². The third-order valence-corrected chi connectivity index (χ3v) is 9.68. The Hall–Kier alpha value is -1.38. The summed E-state index contributed by atoms with van der Waals surface area (Å²) in [6.07, 6.45) is 0.533. The Morgan fingerprint density at radius 2 is 0.543 bits per heavy atom. The number of rotatable bonds is 6. The first-order valence-electron chi connectivity index (χ1n) is 8.94. The van der Waals surface area contributed by atoms with E-state index in [4.69, 9.17) is 42.7 Å². The van der Waals surface area contributed by atoms with Crippen LogP contribution in [-0.4, -0.2) is 33.7 Å². The van der Waals surface area contributed by atoms with E-state index in [1.54, 1.807) is 24.3 Å². The van der Waals surface area contributed by atoms with Gasteiger partial charge in [-0.3, -0.25) is 0 Å². The molecule has 0 heterocycles. The minimum Gasteiger partial charge on any atom is -0.207 e. The van der Waals surface area contributed by atoms with E-state index < -0.39 is 36.2 Å². The largest absolute Gasteiger partial charge is 0.261 e. The number of hydrogen-bond acceptors (Lipinski definition) is 8. The molecule has 35 heavy (non-hydrogen) atoms. The third kappa shape index (κ3) is 9.54. The van der Waals surface area contributed by atoms with Crippen LogP contribution in [-0.2, 0) is 42.6 Å². The molecule has 0 atom stereocenters. The highest BCUT2D eigenvalue weighted by atomic mass is 35.7. The Labute approximate surface area is 221 Å². The Bertz CT molecular complexity index is 1490. The van der Waals surface area contributed by atoms with Gasteiger partial charge >= 0.3 is 0 Å². The molecule has 3 aromatic rings. The minimum absolute atomic E-state index is 0.0384. The first kappa shape index (κ1) is 29.8. The van der Waals surface area contributed by atoms with Crippen LogP contribution in [0.1, 0.15) is 11.1 Å². The zero-order valence-electron chi connectivity index (χ0n) is 17.0. The Kier molecular flexibility index (Phi) is 9.67. The molecule has 0 spiro atoms. The molecule has 3 rings (SSSR count). The van der Waals surface area contributed by atoms with Crippen LogP contribution in [0.15, 0.2) is 92.4 Å². The Balaban J connectivity index is 0.000000269. The summed E-state index contributed by atoms with van der Waals surface area (Å²) in [5, 5.41) is 0. The fourth-order valence-corrected chi connectivity index (χ4v) is 5.62. The van der Waals surface area contributed by atoms with Gasteiger partial charge in [0, 0.05) is 42.7 Å². The van der Waals surface area contributed by atoms with Crippen molar-refractivity contribution in [2.45, 2.75) is 26.0 Å². The molecule has 0 N–H and O–H groups in total. The number of halogens is 4. The predicted octanol–water partition coefficient (Wildman–Crippen LogP) is 4.67. The third-order valence-electron chi connectivity index (χ3n) is 4.20. The van der Waals surface area contributed by atoms with E-state index in [9.17, 15) is 33.7 Å². The van der Waals surface area contributed by atoms with Gasteiger partial charge in [-0.25, -0.2) is 33.7 Å². The molecule has 0 aliphatic rings. The average Bonchev–Trinajstić information content (AvgIpc) is 2.73.